The Balaban J connectivity index is 1.81. The minimum atomic E-state index is 0.307. The summed E-state index contributed by atoms with van der Waals surface area (Å²) in [7, 11) is 0. The molecule has 2 nitrogen and oxygen atoms in total. The van der Waals surface area contributed by atoms with Crippen LogP contribution in [0.1, 0.15) is 24.1 Å². The highest BCUT2D eigenvalue weighted by atomic mass is 79.9. The van der Waals surface area contributed by atoms with E-state index in [0.717, 1.165) is 32.8 Å². The fourth-order valence-corrected chi connectivity index (χ4v) is 3.63. The number of aromatic nitrogens is 1. The Kier molecular flexibility index (Phi) is 3.35. The molecule has 1 aromatic heterocycles. The molecule has 0 radical (unpaired) electrons. The van der Waals surface area contributed by atoms with E-state index in [-0.39, 0.29) is 0 Å². The molecule has 0 fully saturated rings. The average molecular weight is 374 g/mol. The number of nitrogens with zero attached hydrogens (tertiary/aromatic N) is 1. The predicted octanol–water partition coefficient (Wildman–Crippen LogP) is 6.02. The molecule has 22 heavy (non-hydrogen) atoms. The summed E-state index contributed by atoms with van der Waals surface area (Å²) in [6.07, 6.45) is 0.943. The second-order valence-corrected chi connectivity index (χ2v) is 7.06. The lowest BCUT2D eigenvalue weighted by Gasteiger charge is -2.21. The van der Waals surface area contributed by atoms with Crippen molar-refractivity contribution in [3.63, 3.8) is 0 Å². The summed E-state index contributed by atoms with van der Waals surface area (Å²) in [5.74, 6) is 0.307. The molecule has 0 amide bonds. The summed E-state index contributed by atoms with van der Waals surface area (Å²) in [5, 5.41) is 1.96. The van der Waals surface area contributed by atoms with Gasteiger partial charge in [0.2, 0.25) is 0 Å². The van der Waals surface area contributed by atoms with Gasteiger partial charge in [0.15, 0.2) is 0 Å². The first-order valence-corrected chi connectivity index (χ1v) is 8.39. The van der Waals surface area contributed by atoms with Gasteiger partial charge < -0.3 is 4.98 Å². The van der Waals surface area contributed by atoms with Crippen LogP contribution in [0.25, 0.3) is 10.9 Å². The molecule has 2 heterocycles. The van der Waals surface area contributed by atoms with E-state index in [0.29, 0.717) is 5.92 Å². The Labute approximate surface area is 142 Å². The van der Waals surface area contributed by atoms with Crippen LogP contribution in [0.3, 0.4) is 0 Å². The molecule has 1 unspecified atom stereocenters. The molecule has 0 bridgehead atoms. The van der Waals surface area contributed by atoms with E-state index in [4.69, 9.17) is 16.6 Å². The predicted molar refractivity (Wildman–Crippen MR) is 96.7 cm³/mol. The number of aliphatic imine (C=N–C) groups is 1. The Morgan fingerprint density at radius 1 is 1.18 bits per heavy atom. The second kappa shape index (κ2) is 5.25. The Bertz CT molecular complexity index is 893. The topological polar surface area (TPSA) is 28.1 Å². The van der Waals surface area contributed by atoms with Crippen LogP contribution < -0.4 is 0 Å². The number of benzene rings is 2. The van der Waals surface area contributed by atoms with E-state index in [2.05, 4.69) is 58.2 Å². The van der Waals surface area contributed by atoms with Gasteiger partial charge in [-0.2, -0.15) is 0 Å². The lowest BCUT2D eigenvalue weighted by atomic mass is 9.88. The van der Waals surface area contributed by atoms with Crippen LogP contribution >= 0.6 is 27.5 Å². The molecule has 1 aliphatic rings. The molecule has 0 aliphatic carbocycles. The normalized spacial score (nSPS) is 17.4. The maximum absolute atomic E-state index is 6.00. The van der Waals surface area contributed by atoms with Gasteiger partial charge in [-0.3, -0.25) is 4.99 Å². The number of rotatable bonds is 1. The van der Waals surface area contributed by atoms with Gasteiger partial charge in [0.05, 0.1) is 5.69 Å². The highest BCUT2D eigenvalue weighted by Gasteiger charge is 2.24. The molecule has 0 saturated heterocycles. The summed E-state index contributed by atoms with van der Waals surface area (Å²) in [5.41, 5.74) is 5.84. The van der Waals surface area contributed by atoms with E-state index >= 15 is 0 Å². The van der Waals surface area contributed by atoms with Gasteiger partial charge in [0.25, 0.3) is 0 Å². The van der Waals surface area contributed by atoms with Gasteiger partial charge >= 0.3 is 0 Å². The molecule has 1 N–H and O–H groups in total. The minimum Gasteiger partial charge on any atom is -0.357 e. The third kappa shape index (κ3) is 2.29. The number of hydrogen-bond donors (Lipinski definition) is 1. The Hall–Kier alpha value is -1.58. The molecule has 110 valence electrons. The number of aromatic amines is 1. The molecule has 1 atom stereocenters. The van der Waals surface area contributed by atoms with Gasteiger partial charge in [-0.15, -0.1) is 0 Å². The van der Waals surface area contributed by atoms with Gasteiger partial charge in [0, 0.05) is 44.1 Å². The van der Waals surface area contributed by atoms with E-state index in [1.165, 1.54) is 16.6 Å². The maximum atomic E-state index is 6.00. The fraction of sp³-hybridized carbons (Fsp3) is 0.167. The summed E-state index contributed by atoms with van der Waals surface area (Å²) in [6, 6.07) is 14.4. The highest BCUT2D eigenvalue weighted by molar-refractivity contribution is 9.10. The van der Waals surface area contributed by atoms with Crippen molar-refractivity contribution in [2.45, 2.75) is 19.3 Å². The molecule has 4 heteroatoms. The van der Waals surface area contributed by atoms with Crippen LogP contribution in [0, 0.1) is 0 Å². The van der Waals surface area contributed by atoms with Gasteiger partial charge in [-0.1, -0.05) is 39.7 Å². The molecular formula is C18H14BrClN2. The van der Waals surface area contributed by atoms with Crippen molar-refractivity contribution in [3.05, 3.63) is 63.2 Å². The second-order valence-electron chi connectivity index (χ2n) is 5.70. The Morgan fingerprint density at radius 2 is 1.95 bits per heavy atom. The van der Waals surface area contributed by atoms with Gasteiger partial charge in [-0.05, 0) is 42.8 Å². The van der Waals surface area contributed by atoms with E-state index in [1.54, 1.807) is 0 Å². The summed E-state index contributed by atoms with van der Waals surface area (Å²) >= 11 is 9.52. The average Bonchev–Trinajstić information content (AvgIpc) is 2.84. The zero-order chi connectivity index (χ0) is 15.3. The Morgan fingerprint density at radius 3 is 2.73 bits per heavy atom. The van der Waals surface area contributed by atoms with Crippen LogP contribution in [-0.2, 0) is 6.42 Å². The quantitative estimate of drug-likeness (QED) is 0.540. The van der Waals surface area contributed by atoms with Gasteiger partial charge in [0.1, 0.15) is 0 Å². The number of nitrogens with one attached hydrogen (secondary N) is 1. The van der Waals surface area contributed by atoms with Crippen molar-refractivity contribution in [1.82, 2.24) is 4.98 Å². The standard InChI is InChI=1S/C18H14BrClN2/c1-10-15(11-2-5-13(20)6-3-11)9-17-18(21-10)14-7-4-12(19)8-16(14)22-17/h2-8,15,22H,9H2,1H3. The van der Waals surface area contributed by atoms with Crippen molar-refractivity contribution in [1.29, 1.82) is 0 Å². The van der Waals surface area contributed by atoms with Crippen molar-refractivity contribution in [3.8, 4) is 0 Å². The lowest BCUT2D eigenvalue weighted by molar-refractivity contribution is 0.835. The highest BCUT2D eigenvalue weighted by Crippen LogP contribution is 2.39. The van der Waals surface area contributed by atoms with E-state index in [1.807, 2.05) is 12.1 Å². The van der Waals surface area contributed by atoms with Crippen molar-refractivity contribution in [2.75, 3.05) is 0 Å². The van der Waals surface area contributed by atoms with Crippen LogP contribution in [0.2, 0.25) is 5.02 Å². The summed E-state index contributed by atoms with van der Waals surface area (Å²) in [4.78, 5) is 8.41. The van der Waals surface area contributed by atoms with E-state index in [9.17, 15) is 0 Å². The van der Waals surface area contributed by atoms with Gasteiger partial charge in [-0.25, -0.2) is 0 Å². The third-order valence-corrected chi connectivity index (χ3v) is 5.03. The van der Waals surface area contributed by atoms with Crippen molar-refractivity contribution >= 4 is 49.8 Å². The van der Waals surface area contributed by atoms with Crippen molar-refractivity contribution < 1.29 is 0 Å². The van der Waals surface area contributed by atoms with Crippen molar-refractivity contribution in [2.24, 2.45) is 4.99 Å². The monoisotopic (exact) mass is 372 g/mol. The number of halogens is 2. The number of fused-ring (bicyclic) bond motifs is 3. The SMILES string of the molecule is CC1=Nc2c([nH]c3cc(Br)ccc23)CC1c1ccc(Cl)cc1. The lowest BCUT2D eigenvalue weighted by Crippen LogP contribution is -2.15. The van der Waals surface area contributed by atoms with Crippen LogP contribution in [-0.4, -0.2) is 10.7 Å². The summed E-state index contributed by atoms with van der Waals surface area (Å²) < 4.78 is 1.08. The van der Waals surface area contributed by atoms with E-state index < -0.39 is 0 Å². The largest absolute Gasteiger partial charge is 0.357 e. The molecule has 3 aromatic rings. The maximum Gasteiger partial charge on any atom is 0.0915 e. The van der Waals surface area contributed by atoms with Crippen LogP contribution in [0.15, 0.2) is 51.9 Å². The summed E-state index contributed by atoms with van der Waals surface area (Å²) in [6.45, 7) is 2.11. The molecule has 0 saturated carbocycles. The minimum absolute atomic E-state index is 0.307. The molecular weight excluding hydrogens is 360 g/mol. The zero-order valence-electron chi connectivity index (χ0n) is 12.0. The third-order valence-electron chi connectivity index (χ3n) is 4.28. The first kappa shape index (κ1) is 14.0. The molecule has 0 spiro atoms. The smallest absolute Gasteiger partial charge is 0.0915 e. The van der Waals surface area contributed by atoms with Crippen LogP contribution in [0.5, 0.6) is 0 Å². The zero-order valence-corrected chi connectivity index (χ0v) is 14.4. The number of H-pyrrole nitrogens is 1. The first-order chi connectivity index (χ1) is 10.6. The molecule has 4 rings (SSSR count). The first-order valence-electron chi connectivity index (χ1n) is 7.22. The molecule has 1 aliphatic heterocycles. The fourth-order valence-electron chi connectivity index (χ4n) is 3.15. The van der Waals surface area contributed by atoms with Crippen LogP contribution in [0.4, 0.5) is 5.69 Å². The number of hydrogen-bond acceptors (Lipinski definition) is 1. The molecule has 2 aromatic carbocycles.